The van der Waals surface area contributed by atoms with Gasteiger partial charge < -0.3 is 10.0 Å². The molecule has 4 heteroatoms. The quantitative estimate of drug-likeness (QED) is 0.909. The largest absolute Gasteiger partial charge is 0.508 e. The molecule has 2 aromatic carbocycles. The predicted molar refractivity (Wildman–Crippen MR) is 77.0 cm³/mol. The van der Waals surface area contributed by atoms with Crippen LogP contribution in [0.15, 0.2) is 42.5 Å². The number of rotatable bonds is 2. The number of hydrogen-bond acceptors (Lipinski definition) is 2. The summed E-state index contributed by atoms with van der Waals surface area (Å²) in [5.74, 6) is -0.241. The first kappa shape index (κ1) is 13.4. The van der Waals surface area contributed by atoms with Gasteiger partial charge in [0.2, 0.25) is 0 Å². The Morgan fingerprint density at radius 3 is 2.42 bits per heavy atom. The topological polar surface area (TPSA) is 40.5 Å². The summed E-state index contributed by atoms with van der Waals surface area (Å²) >= 11 is 5.99. The highest BCUT2D eigenvalue weighted by Crippen LogP contribution is 2.24. The minimum atomic E-state index is -0.259. The van der Waals surface area contributed by atoms with Gasteiger partial charge in [-0.3, -0.25) is 4.79 Å². The number of benzene rings is 2. The van der Waals surface area contributed by atoms with Crippen molar-refractivity contribution in [1.82, 2.24) is 0 Å². The molecule has 0 spiro atoms. The van der Waals surface area contributed by atoms with Gasteiger partial charge in [-0.2, -0.15) is 0 Å². The molecule has 2 aromatic rings. The number of phenols is 1. The fourth-order valence-corrected chi connectivity index (χ4v) is 1.94. The number of nitrogens with zero attached hydrogens (tertiary/aromatic N) is 1. The molecular weight excluding hydrogens is 262 g/mol. The van der Waals surface area contributed by atoms with Crippen molar-refractivity contribution < 1.29 is 9.90 Å². The Bertz CT molecular complexity index is 608. The number of halogens is 1. The van der Waals surface area contributed by atoms with E-state index < -0.39 is 0 Å². The van der Waals surface area contributed by atoms with Gasteiger partial charge in [-0.1, -0.05) is 29.3 Å². The van der Waals surface area contributed by atoms with Crippen molar-refractivity contribution in [2.24, 2.45) is 0 Å². The first-order valence-electron chi connectivity index (χ1n) is 5.82. The van der Waals surface area contributed by atoms with E-state index in [0.717, 1.165) is 11.3 Å². The van der Waals surface area contributed by atoms with Crippen molar-refractivity contribution in [3.8, 4) is 5.75 Å². The minimum Gasteiger partial charge on any atom is -0.508 e. The van der Waals surface area contributed by atoms with Gasteiger partial charge >= 0.3 is 0 Å². The Morgan fingerprint density at radius 2 is 1.79 bits per heavy atom. The van der Waals surface area contributed by atoms with Crippen LogP contribution in [0.5, 0.6) is 5.75 Å². The van der Waals surface area contributed by atoms with Crippen LogP contribution in [0.3, 0.4) is 0 Å². The molecule has 0 heterocycles. The number of aromatic hydroxyl groups is 1. The molecule has 0 bridgehead atoms. The van der Waals surface area contributed by atoms with Crippen molar-refractivity contribution in [2.45, 2.75) is 6.92 Å². The van der Waals surface area contributed by atoms with E-state index in [-0.39, 0.29) is 17.2 Å². The number of carbonyl (C=O) groups excluding carboxylic acids is 1. The summed E-state index contributed by atoms with van der Waals surface area (Å²) in [5.41, 5.74) is 2.18. The summed E-state index contributed by atoms with van der Waals surface area (Å²) in [6.45, 7) is 1.98. The van der Waals surface area contributed by atoms with Gasteiger partial charge in [-0.15, -0.1) is 0 Å². The van der Waals surface area contributed by atoms with Crippen LogP contribution in [0.1, 0.15) is 15.9 Å². The Labute approximate surface area is 117 Å². The molecule has 0 aromatic heterocycles. The first-order chi connectivity index (χ1) is 8.99. The van der Waals surface area contributed by atoms with Crippen molar-refractivity contribution in [3.05, 3.63) is 58.6 Å². The lowest BCUT2D eigenvalue weighted by Crippen LogP contribution is -2.26. The second-order valence-electron chi connectivity index (χ2n) is 4.36. The van der Waals surface area contributed by atoms with Crippen LogP contribution in [0.2, 0.25) is 5.02 Å². The van der Waals surface area contributed by atoms with Gasteiger partial charge in [0, 0.05) is 12.7 Å². The molecule has 0 aliphatic rings. The summed E-state index contributed by atoms with van der Waals surface area (Å²) in [6, 6.07) is 11.9. The summed E-state index contributed by atoms with van der Waals surface area (Å²) in [4.78, 5) is 13.8. The summed E-state index contributed by atoms with van der Waals surface area (Å²) in [6.07, 6.45) is 0. The second kappa shape index (κ2) is 5.33. The molecule has 0 fully saturated rings. The number of aryl methyl sites for hydroxylation is 1. The van der Waals surface area contributed by atoms with E-state index in [1.54, 1.807) is 7.05 Å². The lowest BCUT2D eigenvalue weighted by molar-refractivity contribution is 0.0993. The highest BCUT2D eigenvalue weighted by molar-refractivity contribution is 6.34. The van der Waals surface area contributed by atoms with Crippen LogP contribution >= 0.6 is 11.6 Å². The highest BCUT2D eigenvalue weighted by atomic mass is 35.5. The van der Waals surface area contributed by atoms with E-state index in [1.807, 2.05) is 31.2 Å². The minimum absolute atomic E-state index is 0.0186. The number of anilines is 1. The molecule has 0 saturated heterocycles. The fourth-order valence-electron chi connectivity index (χ4n) is 1.74. The average Bonchev–Trinajstić information content (AvgIpc) is 2.41. The third-order valence-electron chi connectivity index (χ3n) is 2.91. The molecule has 0 atom stereocenters. The maximum absolute atomic E-state index is 12.3. The maximum atomic E-state index is 12.3. The molecule has 0 radical (unpaired) electrons. The van der Waals surface area contributed by atoms with Crippen molar-refractivity contribution in [3.63, 3.8) is 0 Å². The molecule has 0 aliphatic heterocycles. The fraction of sp³-hybridized carbons (Fsp3) is 0.133. The van der Waals surface area contributed by atoms with E-state index in [0.29, 0.717) is 5.02 Å². The predicted octanol–water partition coefficient (Wildman–Crippen LogP) is 3.63. The first-order valence-corrected chi connectivity index (χ1v) is 6.20. The van der Waals surface area contributed by atoms with Crippen molar-refractivity contribution >= 4 is 23.2 Å². The van der Waals surface area contributed by atoms with Crippen LogP contribution in [0.4, 0.5) is 5.69 Å². The molecule has 2 rings (SSSR count). The van der Waals surface area contributed by atoms with Crippen LogP contribution in [-0.4, -0.2) is 18.1 Å². The van der Waals surface area contributed by atoms with E-state index in [9.17, 15) is 9.90 Å². The SMILES string of the molecule is Cc1ccc(N(C)C(=O)c2cc(O)ccc2Cl)cc1. The second-order valence-corrected chi connectivity index (χ2v) is 4.77. The molecule has 0 aliphatic carbocycles. The van der Waals surface area contributed by atoms with Gasteiger partial charge in [-0.25, -0.2) is 0 Å². The Hall–Kier alpha value is -2.00. The third kappa shape index (κ3) is 2.88. The Balaban J connectivity index is 2.33. The molecular formula is C15H14ClNO2. The van der Waals surface area contributed by atoms with Gasteiger partial charge in [0.1, 0.15) is 5.75 Å². The number of phenolic OH excluding ortho intramolecular Hbond substituents is 1. The van der Waals surface area contributed by atoms with Gasteiger partial charge in [-0.05, 0) is 37.3 Å². The standard InChI is InChI=1S/C15H14ClNO2/c1-10-3-5-11(6-4-10)17(2)15(19)13-9-12(18)7-8-14(13)16/h3-9,18H,1-2H3. The number of amides is 1. The van der Waals surface area contributed by atoms with E-state index in [4.69, 9.17) is 11.6 Å². The summed E-state index contributed by atoms with van der Waals surface area (Å²) in [5, 5.41) is 9.77. The van der Waals surface area contributed by atoms with Crippen LogP contribution in [0.25, 0.3) is 0 Å². The van der Waals surface area contributed by atoms with Crippen LogP contribution < -0.4 is 4.90 Å². The molecule has 1 N–H and O–H groups in total. The Morgan fingerprint density at radius 1 is 1.16 bits per heavy atom. The zero-order chi connectivity index (χ0) is 14.0. The summed E-state index contributed by atoms with van der Waals surface area (Å²) < 4.78 is 0. The smallest absolute Gasteiger partial charge is 0.259 e. The Kier molecular flexibility index (Phi) is 3.76. The van der Waals surface area contributed by atoms with Crippen molar-refractivity contribution in [2.75, 3.05) is 11.9 Å². The van der Waals surface area contributed by atoms with Gasteiger partial charge in [0.15, 0.2) is 0 Å². The van der Waals surface area contributed by atoms with Crippen LogP contribution in [-0.2, 0) is 0 Å². The zero-order valence-electron chi connectivity index (χ0n) is 10.7. The van der Waals surface area contributed by atoms with Crippen molar-refractivity contribution in [1.29, 1.82) is 0 Å². The number of hydrogen-bond donors (Lipinski definition) is 1. The molecule has 19 heavy (non-hydrogen) atoms. The number of carbonyl (C=O) groups is 1. The van der Waals surface area contributed by atoms with E-state index in [1.165, 1.54) is 23.1 Å². The zero-order valence-corrected chi connectivity index (χ0v) is 11.5. The molecule has 0 saturated carbocycles. The highest BCUT2D eigenvalue weighted by Gasteiger charge is 2.17. The third-order valence-corrected chi connectivity index (χ3v) is 3.24. The lowest BCUT2D eigenvalue weighted by atomic mass is 10.1. The van der Waals surface area contributed by atoms with E-state index >= 15 is 0 Å². The molecule has 1 amide bonds. The summed E-state index contributed by atoms with van der Waals surface area (Å²) in [7, 11) is 1.67. The van der Waals surface area contributed by atoms with Crippen LogP contribution in [0, 0.1) is 6.92 Å². The lowest BCUT2D eigenvalue weighted by Gasteiger charge is -2.18. The monoisotopic (exact) mass is 275 g/mol. The van der Waals surface area contributed by atoms with Gasteiger partial charge in [0.05, 0.1) is 10.6 Å². The molecule has 0 unspecified atom stereocenters. The normalized spacial score (nSPS) is 10.3. The molecule has 3 nitrogen and oxygen atoms in total. The average molecular weight is 276 g/mol. The maximum Gasteiger partial charge on any atom is 0.259 e. The molecule has 98 valence electrons. The van der Waals surface area contributed by atoms with E-state index in [2.05, 4.69) is 0 Å². The van der Waals surface area contributed by atoms with Gasteiger partial charge in [0.25, 0.3) is 5.91 Å².